The molecule has 5 saturated carbocycles. The molecule has 0 amide bonds. The lowest BCUT2D eigenvalue weighted by Crippen LogP contribution is -2.76. The van der Waals surface area contributed by atoms with Gasteiger partial charge in [-0.25, -0.2) is 0 Å². The number of hydrogen-bond donors (Lipinski definition) is 4. The van der Waals surface area contributed by atoms with Crippen LogP contribution in [-0.2, 0) is 4.74 Å². The summed E-state index contributed by atoms with van der Waals surface area (Å²) < 4.78 is 5.77. The van der Waals surface area contributed by atoms with Crippen LogP contribution in [0.5, 0.6) is 0 Å². The highest BCUT2D eigenvalue weighted by Gasteiger charge is 2.83. The second-order valence-corrected chi connectivity index (χ2v) is 11.0. The first-order valence-electron chi connectivity index (χ1n) is 11.3. The smallest absolute Gasteiger partial charge is 0.0771 e. The molecule has 1 saturated heterocycles. The first kappa shape index (κ1) is 18.5. The van der Waals surface area contributed by atoms with Gasteiger partial charge in [0, 0.05) is 54.7 Å². The first-order chi connectivity index (χ1) is 13.4. The molecule has 0 aromatic rings. The van der Waals surface area contributed by atoms with Crippen LogP contribution in [0.3, 0.4) is 0 Å². The molecule has 6 fully saturated rings. The molecule has 12 atom stereocenters. The van der Waals surface area contributed by atoms with Crippen molar-refractivity contribution in [2.24, 2.45) is 40.4 Å². The van der Waals surface area contributed by atoms with E-state index in [0.717, 1.165) is 38.8 Å². The van der Waals surface area contributed by atoms with E-state index in [-0.39, 0.29) is 59.2 Å². The zero-order chi connectivity index (χ0) is 19.6. The Morgan fingerprint density at radius 3 is 2.64 bits per heavy atom. The zero-order valence-electron chi connectivity index (χ0n) is 17.0. The fraction of sp³-hybridized carbons (Fsp3) is 1.00. The van der Waals surface area contributed by atoms with Crippen molar-refractivity contribution in [2.75, 3.05) is 26.8 Å². The Labute approximate surface area is 166 Å². The molecule has 12 unspecified atom stereocenters. The average molecular weight is 394 g/mol. The maximum atomic E-state index is 12.2. The number of likely N-dealkylation sites (tertiary alicyclic amines) is 1. The van der Waals surface area contributed by atoms with E-state index in [4.69, 9.17) is 4.74 Å². The highest BCUT2D eigenvalue weighted by atomic mass is 16.5. The predicted molar refractivity (Wildman–Crippen MR) is 101 cm³/mol. The van der Waals surface area contributed by atoms with Crippen molar-refractivity contribution in [1.29, 1.82) is 0 Å². The Morgan fingerprint density at radius 2 is 1.96 bits per heavy atom. The number of fused-ring (bicyclic) bond motifs is 2. The molecule has 5 aliphatic carbocycles. The van der Waals surface area contributed by atoms with E-state index in [1.807, 2.05) is 0 Å². The van der Waals surface area contributed by atoms with Gasteiger partial charge in [-0.15, -0.1) is 0 Å². The van der Waals surface area contributed by atoms with Gasteiger partial charge < -0.3 is 25.2 Å². The summed E-state index contributed by atoms with van der Waals surface area (Å²) in [6, 6.07) is 0.144. The molecule has 1 heterocycles. The summed E-state index contributed by atoms with van der Waals surface area (Å²) in [5, 5.41) is 45.5. The fourth-order valence-electron chi connectivity index (χ4n) is 10.1. The summed E-state index contributed by atoms with van der Waals surface area (Å²) in [7, 11) is 1.70. The summed E-state index contributed by atoms with van der Waals surface area (Å²) in [6.45, 7) is 4.06. The monoisotopic (exact) mass is 393 g/mol. The SMILES string of the molecule is CCN1CC2(CO)CCC(O)C34C5CC6C(OC)CC(O)(C(CC23)C14)C5C6O. The quantitative estimate of drug-likeness (QED) is 0.548. The lowest BCUT2D eigenvalue weighted by molar-refractivity contribution is -0.271. The number of nitrogens with zero attached hydrogens (tertiary/aromatic N) is 1. The van der Waals surface area contributed by atoms with Crippen LogP contribution >= 0.6 is 0 Å². The van der Waals surface area contributed by atoms with E-state index in [1.165, 1.54) is 0 Å². The van der Waals surface area contributed by atoms with E-state index in [2.05, 4.69) is 11.8 Å². The maximum absolute atomic E-state index is 12.2. The summed E-state index contributed by atoms with van der Waals surface area (Å²) in [5.74, 6) is 0.241. The Balaban J connectivity index is 1.59. The number of aliphatic hydroxyl groups excluding tert-OH is 3. The lowest BCUT2D eigenvalue weighted by Gasteiger charge is -2.69. The van der Waals surface area contributed by atoms with Gasteiger partial charge in [0.25, 0.3) is 0 Å². The molecule has 6 heteroatoms. The zero-order valence-corrected chi connectivity index (χ0v) is 17.0. The highest BCUT2D eigenvalue weighted by Crippen LogP contribution is 2.78. The fourth-order valence-corrected chi connectivity index (χ4v) is 10.1. The van der Waals surface area contributed by atoms with Crippen molar-refractivity contribution < 1.29 is 25.2 Å². The molecule has 28 heavy (non-hydrogen) atoms. The molecule has 1 spiro atoms. The van der Waals surface area contributed by atoms with Crippen LogP contribution in [0.25, 0.3) is 0 Å². The van der Waals surface area contributed by atoms with Crippen LogP contribution in [0.2, 0.25) is 0 Å². The van der Waals surface area contributed by atoms with Crippen LogP contribution in [0.15, 0.2) is 0 Å². The van der Waals surface area contributed by atoms with Gasteiger partial charge >= 0.3 is 0 Å². The van der Waals surface area contributed by atoms with Crippen LogP contribution in [-0.4, -0.2) is 82.1 Å². The maximum Gasteiger partial charge on any atom is 0.0771 e. The molecular formula is C22H35NO5. The van der Waals surface area contributed by atoms with Gasteiger partial charge in [-0.2, -0.15) is 0 Å². The van der Waals surface area contributed by atoms with Crippen molar-refractivity contribution in [3.63, 3.8) is 0 Å². The van der Waals surface area contributed by atoms with E-state index < -0.39 is 17.8 Å². The molecule has 0 aromatic heterocycles. The number of piperidine rings is 1. The Kier molecular flexibility index (Phi) is 3.65. The Morgan fingerprint density at radius 1 is 1.18 bits per heavy atom. The number of ether oxygens (including phenoxy) is 1. The van der Waals surface area contributed by atoms with Gasteiger partial charge in [-0.1, -0.05) is 6.92 Å². The standard InChI is InChI=1S/C22H35NO5/c1-3-23-9-20(10-24)5-4-16(25)22-12-6-11-14(28-2)8-21(27,17(12)18(11)26)13(19(22)23)7-15(20)22/h11-19,24-27H,3-10H2,1-2H3. The summed E-state index contributed by atoms with van der Waals surface area (Å²) in [5.41, 5.74) is -1.43. The molecule has 0 aromatic carbocycles. The Hall–Kier alpha value is -0.240. The van der Waals surface area contributed by atoms with E-state index in [1.54, 1.807) is 7.11 Å². The second-order valence-electron chi connectivity index (χ2n) is 11.0. The van der Waals surface area contributed by atoms with Crippen LogP contribution in [0, 0.1) is 40.4 Å². The molecule has 4 N–H and O–H groups in total. The molecule has 158 valence electrons. The lowest BCUT2D eigenvalue weighted by atomic mass is 9.43. The van der Waals surface area contributed by atoms with Crippen molar-refractivity contribution in [2.45, 2.75) is 69.0 Å². The molecule has 6 nitrogen and oxygen atoms in total. The van der Waals surface area contributed by atoms with E-state index >= 15 is 0 Å². The van der Waals surface area contributed by atoms with Gasteiger partial charge in [-0.05, 0) is 44.1 Å². The molecule has 6 rings (SSSR count). The number of methoxy groups -OCH3 is 1. The minimum Gasteiger partial charge on any atom is -0.396 e. The summed E-state index contributed by atoms with van der Waals surface area (Å²) in [6.07, 6.45) is 2.77. The number of aliphatic hydroxyl groups is 4. The van der Waals surface area contributed by atoms with Crippen molar-refractivity contribution >= 4 is 0 Å². The molecular weight excluding hydrogens is 358 g/mol. The molecule has 0 radical (unpaired) electrons. The summed E-state index contributed by atoms with van der Waals surface area (Å²) in [4.78, 5) is 2.47. The third-order valence-corrected chi connectivity index (χ3v) is 10.8. The van der Waals surface area contributed by atoms with E-state index in [9.17, 15) is 20.4 Å². The topological polar surface area (TPSA) is 93.4 Å². The van der Waals surface area contributed by atoms with Crippen LogP contribution in [0.4, 0.5) is 0 Å². The first-order valence-corrected chi connectivity index (χ1v) is 11.3. The third-order valence-electron chi connectivity index (χ3n) is 10.8. The van der Waals surface area contributed by atoms with Gasteiger partial charge in [0.15, 0.2) is 0 Å². The second kappa shape index (κ2) is 5.51. The summed E-state index contributed by atoms with van der Waals surface area (Å²) >= 11 is 0. The molecule has 7 bridgehead atoms. The van der Waals surface area contributed by atoms with Crippen molar-refractivity contribution in [1.82, 2.24) is 4.90 Å². The highest BCUT2D eigenvalue weighted by molar-refractivity contribution is 5.33. The van der Waals surface area contributed by atoms with Crippen LogP contribution < -0.4 is 0 Å². The average Bonchev–Trinajstić information content (AvgIpc) is 3.11. The van der Waals surface area contributed by atoms with Gasteiger partial charge in [0.05, 0.1) is 30.5 Å². The molecule has 6 aliphatic rings. The Bertz CT molecular complexity index is 690. The van der Waals surface area contributed by atoms with Gasteiger partial charge in [-0.3, -0.25) is 4.90 Å². The van der Waals surface area contributed by atoms with Crippen molar-refractivity contribution in [3.05, 3.63) is 0 Å². The predicted octanol–water partition coefficient (Wildman–Crippen LogP) is 0.223. The minimum absolute atomic E-state index is 0.0335. The third kappa shape index (κ3) is 1.69. The van der Waals surface area contributed by atoms with Crippen LogP contribution in [0.1, 0.15) is 39.0 Å². The van der Waals surface area contributed by atoms with E-state index in [0.29, 0.717) is 6.42 Å². The van der Waals surface area contributed by atoms with Gasteiger partial charge in [0.2, 0.25) is 0 Å². The largest absolute Gasteiger partial charge is 0.396 e. The minimum atomic E-state index is -0.941. The van der Waals surface area contributed by atoms with Gasteiger partial charge in [0.1, 0.15) is 0 Å². The molecule has 1 aliphatic heterocycles. The van der Waals surface area contributed by atoms with Crippen molar-refractivity contribution in [3.8, 4) is 0 Å². The number of rotatable bonds is 3. The number of hydrogen-bond acceptors (Lipinski definition) is 6. The normalized spacial score (nSPS) is 64.3.